The van der Waals surface area contributed by atoms with Crippen LogP contribution in [0.4, 0.5) is 0 Å². The maximum atomic E-state index is 9.25. The van der Waals surface area contributed by atoms with Gasteiger partial charge in [0.25, 0.3) is 0 Å². The number of aromatic nitrogens is 2. The Morgan fingerprint density at radius 1 is 1.46 bits per heavy atom. The molecular formula is C10H12N2O. The minimum absolute atomic E-state index is 0.272. The summed E-state index contributed by atoms with van der Waals surface area (Å²) in [4.78, 5) is 0. The second-order valence-electron chi connectivity index (χ2n) is 3.10. The van der Waals surface area contributed by atoms with Crippen molar-refractivity contribution in [3.63, 3.8) is 0 Å². The number of phenolic OH excluding ortho intramolecular Hbond substituents is 1. The van der Waals surface area contributed by atoms with Gasteiger partial charge in [0.2, 0.25) is 0 Å². The zero-order valence-corrected chi connectivity index (χ0v) is 7.78. The second-order valence-corrected chi connectivity index (χ2v) is 3.10. The van der Waals surface area contributed by atoms with Gasteiger partial charge in [0.15, 0.2) is 0 Å². The van der Waals surface area contributed by atoms with E-state index in [0.29, 0.717) is 0 Å². The molecule has 0 radical (unpaired) electrons. The van der Waals surface area contributed by atoms with E-state index in [1.807, 2.05) is 17.7 Å². The van der Waals surface area contributed by atoms with E-state index < -0.39 is 0 Å². The largest absolute Gasteiger partial charge is 0.508 e. The van der Waals surface area contributed by atoms with E-state index >= 15 is 0 Å². The Morgan fingerprint density at radius 2 is 2.23 bits per heavy atom. The molecule has 0 saturated heterocycles. The summed E-state index contributed by atoms with van der Waals surface area (Å²) in [6, 6.07) is 5.28. The molecule has 2 rings (SSSR count). The molecule has 0 bridgehead atoms. The van der Waals surface area contributed by atoms with Crippen LogP contribution in [0.25, 0.3) is 10.9 Å². The molecule has 0 aliphatic heterocycles. The lowest BCUT2D eigenvalue weighted by molar-refractivity contribution is 0.476. The van der Waals surface area contributed by atoms with E-state index in [4.69, 9.17) is 0 Å². The van der Waals surface area contributed by atoms with Crippen LogP contribution in [0.5, 0.6) is 5.75 Å². The van der Waals surface area contributed by atoms with E-state index in [-0.39, 0.29) is 5.75 Å². The molecule has 1 aromatic heterocycles. The molecule has 1 aromatic carbocycles. The number of hydrogen-bond acceptors (Lipinski definition) is 2. The summed E-state index contributed by atoms with van der Waals surface area (Å²) in [6.07, 6.45) is 0. The lowest BCUT2D eigenvalue weighted by Gasteiger charge is -1.96. The fourth-order valence-corrected chi connectivity index (χ4v) is 1.56. The second kappa shape index (κ2) is 2.76. The summed E-state index contributed by atoms with van der Waals surface area (Å²) in [6.45, 7) is 4.95. The number of fused-ring (bicyclic) bond motifs is 1. The Balaban J connectivity index is 2.76. The normalized spacial score (nSPS) is 10.9. The van der Waals surface area contributed by atoms with Gasteiger partial charge in [-0.25, -0.2) is 0 Å². The van der Waals surface area contributed by atoms with Gasteiger partial charge in [-0.15, -0.1) is 0 Å². The van der Waals surface area contributed by atoms with Crippen molar-refractivity contribution in [2.45, 2.75) is 20.4 Å². The highest BCUT2D eigenvalue weighted by Crippen LogP contribution is 2.21. The molecule has 3 heteroatoms. The van der Waals surface area contributed by atoms with Crippen molar-refractivity contribution < 1.29 is 5.11 Å². The zero-order chi connectivity index (χ0) is 9.42. The molecule has 68 valence electrons. The molecule has 0 amide bonds. The van der Waals surface area contributed by atoms with Gasteiger partial charge in [-0.1, -0.05) is 0 Å². The average Bonchev–Trinajstić information content (AvgIpc) is 2.42. The van der Waals surface area contributed by atoms with Gasteiger partial charge >= 0.3 is 0 Å². The standard InChI is InChI=1S/C10H12N2O/c1-3-12-7(2)9-5-4-8(13)6-10(9)11-12/h4-6,13H,3H2,1-2H3. The van der Waals surface area contributed by atoms with Crippen LogP contribution >= 0.6 is 0 Å². The molecule has 0 saturated carbocycles. The van der Waals surface area contributed by atoms with Crippen LogP contribution in [-0.4, -0.2) is 14.9 Å². The SMILES string of the molecule is CCn1nc2cc(O)ccc2c1C. The van der Waals surface area contributed by atoms with E-state index in [0.717, 1.165) is 23.1 Å². The summed E-state index contributed by atoms with van der Waals surface area (Å²) in [7, 11) is 0. The Bertz CT molecular complexity index is 445. The van der Waals surface area contributed by atoms with Crippen molar-refractivity contribution >= 4 is 10.9 Å². The molecule has 2 aromatic rings. The topological polar surface area (TPSA) is 38.0 Å². The fraction of sp³-hybridized carbons (Fsp3) is 0.300. The number of aromatic hydroxyl groups is 1. The van der Waals surface area contributed by atoms with Crippen LogP contribution in [0, 0.1) is 6.92 Å². The third-order valence-corrected chi connectivity index (χ3v) is 2.29. The van der Waals surface area contributed by atoms with Crippen LogP contribution in [0.1, 0.15) is 12.6 Å². The Morgan fingerprint density at radius 3 is 2.92 bits per heavy atom. The summed E-state index contributed by atoms with van der Waals surface area (Å²) < 4.78 is 1.93. The number of benzene rings is 1. The minimum Gasteiger partial charge on any atom is -0.508 e. The first-order valence-corrected chi connectivity index (χ1v) is 4.38. The monoisotopic (exact) mass is 176 g/mol. The summed E-state index contributed by atoms with van der Waals surface area (Å²) >= 11 is 0. The van der Waals surface area contributed by atoms with Crippen molar-refractivity contribution in [3.8, 4) is 5.75 Å². The van der Waals surface area contributed by atoms with Gasteiger partial charge in [0.1, 0.15) is 5.75 Å². The van der Waals surface area contributed by atoms with Crippen molar-refractivity contribution in [3.05, 3.63) is 23.9 Å². The molecule has 0 spiro atoms. The highest BCUT2D eigenvalue weighted by Gasteiger charge is 2.05. The van der Waals surface area contributed by atoms with E-state index in [1.54, 1.807) is 12.1 Å². The van der Waals surface area contributed by atoms with Crippen molar-refractivity contribution in [2.75, 3.05) is 0 Å². The number of hydrogen-bond donors (Lipinski definition) is 1. The number of rotatable bonds is 1. The minimum atomic E-state index is 0.272. The lowest BCUT2D eigenvalue weighted by Crippen LogP contribution is -1.97. The molecule has 0 unspecified atom stereocenters. The molecule has 0 aliphatic carbocycles. The van der Waals surface area contributed by atoms with Gasteiger partial charge in [0.05, 0.1) is 5.52 Å². The Kier molecular flexibility index (Phi) is 1.72. The van der Waals surface area contributed by atoms with E-state index in [1.165, 1.54) is 0 Å². The maximum Gasteiger partial charge on any atom is 0.117 e. The first kappa shape index (κ1) is 8.10. The smallest absolute Gasteiger partial charge is 0.117 e. The third kappa shape index (κ3) is 1.16. The Labute approximate surface area is 76.6 Å². The van der Waals surface area contributed by atoms with Crippen molar-refractivity contribution in [1.82, 2.24) is 9.78 Å². The molecule has 13 heavy (non-hydrogen) atoms. The van der Waals surface area contributed by atoms with Crippen LogP contribution < -0.4 is 0 Å². The van der Waals surface area contributed by atoms with Crippen LogP contribution in [-0.2, 0) is 6.54 Å². The molecule has 0 atom stereocenters. The predicted octanol–water partition coefficient (Wildman–Crippen LogP) is 2.07. The highest BCUT2D eigenvalue weighted by molar-refractivity contribution is 5.82. The van der Waals surface area contributed by atoms with Gasteiger partial charge in [0, 0.05) is 23.7 Å². The summed E-state index contributed by atoms with van der Waals surface area (Å²) in [5.41, 5.74) is 2.01. The van der Waals surface area contributed by atoms with Crippen LogP contribution in [0.15, 0.2) is 18.2 Å². The maximum absolute atomic E-state index is 9.25. The molecule has 0 fully saturated rings. The Hall–Kier alpha value is -1.51. The molecular weight excluding hydrogens is 164 g/mol. The van der Waals surface area contributed by atoms with Crippen LogP contribution in [0.2, 0.25) is 0 Å². The van der Waals surface area contributed by atoms with Crippen LogP contribution in [0.3, 0.4) is 0 Å². The molecule has 3 nitrogen and oxygen atoms in total. The predicted molar refractivity (Wildman–Crippen MR) is 51.8 cm³/mol. The van der Waals surface area contributed by atoms with E-state index in [9.17, 15) is 5.11 Å². The molecule has 0 aliphatic rings. The van der Waals surface area contributed by atoms with E-state index in [2.05, 4.69) is 12.0 Å². The average molecular weight is 176 g/mol. The van der Waals surface area contributed by atoms with Gasteiger partial charge in [-0.3, -0.25) is 4.68 Å². The first-order valence-electron chi connectivity index (χ1n) is 4.38. The highest BCUT2D eigenvalue weighted by atomic mass is 16.3. The first-order chi connectivity index (χ1) is 6.22. The quantitative estimate of drug-likeness (QED) is 0.722. The van der Waals surface area contributed by atoms with Gasteiger partial charge in [-0.2, -0.15) is 5.10 Å². The number of nitrogens with zero attached hydrogens (tertiary/aromatic N) is 2. The number of aryl methyl sites for hydroxylation is 2. The van der Waals surface area contributed by atoms with Gasteiger partial charge < -0.3 is 5.11 Å². The molecule has 1 heterocycles. The zero-order valence-electron chi connectivity index (χ0n) is 7.78. The third-order valence-electron chi connectivity index (χ3n) is 2.29. The van der Waals surface area contributed by atoms with Crippen molar-refractivity contribution in [1.29, 1.82) is 0 Å². The lowest BCUT2D eigenvalue weighted by atomic mass is 10.2. The van der Waals surface area contributed by atoms with Gasteiger partial charge in [-0.05, 0) is 26.0 Å². The van der Waals surface area contributed by atoms with Crippen molar-refractivity contribution in [2.24, 2.45) is 0 Å². The summed E-state index contributed by atoms with van der Waals surface area (Å²) in [5.74, 6) is 0.272. The summed E-state index contributed by atoms with van der Waals surface area (Å²) in [5, 5.41) is 14.7. The molecule has 1 N–H and O–H groups in total. The number of phenols is 1. The fourth-order valence-electron chi connectivity index (χ4n) is 1.56.